The van der Waals surface area contributed by atoms with Gasteiger partial charge in [0.05, 0.1) is 11.0 Å². The van der Waals surface area contributed by atoms with Gasteiger partial charge in [-0.25, -0.2) is 20.0 Å². The van der Waals surface area contributed by atoms with Crippen LogP contribution >= 0.6 is 45.9 Å². The Morgan fingerprint density at radius 3 is 1.68 bits per heavy atom. The monoisotopic (exact) mass is 368 g/mol. The van der Waals surface area contributed by atoms with E-state index in [1.807, 2.05) is 0 Å². The van der Waals surface area contributed by atoms with Crippen LogP contribution in [0.15, 0.2) is 21.0 Å². The third-order valence-electron chi connectivity index (χ3n) is 3.10. The number of halogens is 2. The van der Waals surface area contributed by atoms with Crippen LogP contribution in [0.1, 0.15) is 0 Å². The molecule has 0 bridgehead atoms. The Morgan fingerprint density at radius 2 is 1.23 bits per heavy atom. The molecule has 108 valence electrons. The number of benzene rings is 1. The summed E-state index contributed by atoms with van der Waals surface area (Å²) in [6, 6.07) is 0. The van der Waals surface area contributed by atoms with Gasteiger partial charge in [-0.1, -0.05) is 45.9 Å². The molecular weight excluding hydrogens is 367 g/mol. The topological polar surface area (TPSA) is 69.0 Å². The van der Waals surface area contributed by atoms with Crippen molar-refractivity contribution in [1.29, 1.82) is 0 Å². The summed E-state index contributed by atoms with van der Waals surface area (Å²) >= 11 is 15.5. The second kappa shape index (κ2) is 4.39. The predicted octanol–water partition coefficient (Wildman–Crippen LogP) is 4.02. The van der Waals surface area contributed by atoms with Gasteiger partial charge in [0.2, 0.25) is 21.8 Å². The quantitative estimate of drug-likeness (QED) is 0.413. The Morgan fingerprint density at radius 1 is 0.773 bits per heavy atom. The number of ether oxygens (including phenoxy) is 2. The van der Waals surface area contributed by atoms with E-state index in [9.17, 15) is 0 Å². The summed E-state index contributed by atoms with van der Waals surface area (Å²) in [4.78, 5) is 17.0. The van der Waals surface area contributed by atoms with Crippen molar-refractivity contribution in [3.8, 4) is 21.6 Å². The zero-order valence-electron chi connectivity index (χ0n) is 10.3. The number of nitrogens with zero attached hydrogens (tertiary/aromatic N) is 4. The first-order valence-corrected chi connectivity index (χ1v) is 8.45. The highest BCUT2D eigenvalue weighted by molar-refractivity contribution is 7.12. The molecule has 0 aliphatic carbocycles. The highest BCUT2D eigenvalue weighted by Crippen LogP contribution is 2.43. The van der Waals surface area contributed by atoms with Gasteiger partial charge >= 0.3 is 0 Å². The van der Waals surface area contributed by atoms with E-state index >= 15 is 0 Å². The number of hydrogen-bond donors (Lipinski definition) is 0. The Labute approximate surface area is 140 Å². The van der Waals surface area contributed by atoms with Gasteiger partial charge in [0.25, 0.3) is 0 Å². The van der Waals surface area contributed by atoms with Crippen LogP contribution in [0.2, 0.25) is 10.0 Å². The van der Waals surface area contributed by atoms with Gasteiger partial charge in [-0.2, -0.15) is 0 Å². The van der Waals surface area contributed by atoms with Crippen molar-refractivity contribution in [2.75, 3.05) is 0 Å². The lowest BCUT2D eigenvalue weighted by Crippen LogP contribution is -2.21. The molecule has 3 aromatic rings. The Hall–Kier alpha value is -1.74. The van der Waals surface area contributed by atoms with E-state index in [-0.39, 0.29) is 10.0 Å². The first kappa shape index (κ1) is 12.8. The van der Waals surface area contributed by atoms with Crippen molar-refractivity contribution >= 4 is 57.5 Å². The van der Waals surface area contributed by atoms with E-state index in [0.717, 1.165) is 0 Å². The van der Waals surface area contributed by atoms with E-state index in [2.05, 4.69) is 20.0 Å². The van der Waals surface area contributed by atoms with Crippen molar-refractivity contribution in [2.45, 2.75) is 0 Å². The molecule has 5 rings (SSSR count). The van der Waals surface area contributed by atoms with Gasteiger partial charge in [0.1, 0.15) is 20.8 Å². The maximum absolute atomic E-state index is 6.43. The zero-order valence-corrected chi connectivity index (χ0v) is 13.5. The normalized spacial score (nSPS) is 13.5. The van der Waals surface area contributed by atoms with E-state index in [0.29, 0.717) is 44.0 Å². The standard InChI is InChI=1S/C12H2Cl2N4O2S2/c13-3-5-7(19-11-9(17-5)15-1-21-11)4(14)6-8(3)20-12-10(18-6)16-2-22-12/h1-2H. The summed E-state index contributed by atoms with van der Waals surface area (Å²) in [5.41, 5.74) is 3.29. The fraction of sp³-hybridized carbons (Fsp3) is 0. The third kappa shape index (κ3) is 1.60. The first-order chi connectivity index (χ1) is 10.7. The zero-order chi connectivity index (χ0) is 14.8. The molecule has 0 amide bonds. The van der Waals surface area contributed by atoms with Crippen LogP contribution in [0.3, 0.4) is 0 Å². The highest BCUT2D eigenvalue weighted by atomic mass is 35.5. The fourth-order valence-corrected chi connectivity index (χ4v) is 3.83. The molecule has 2 aliphatic heterocycles. The van der Waals surface area contributed by atoms with Gasteiger partial charge in [0, 0.05) is 0 Å². The van der Waals surface area contributed by atoms with Crippen LogP contribution < -0.4 is 20.2 Å². The molecule has 6 nitrogen and oxygen atoms in total. The van der Waals surface area contributed by atoms with Crippen LogP contribution in [-0.2, 0) is 0 Å². The SMILES string of the molecule is Clc1c2c(c(Cl)c3c1=Nc1ncsc1O3)=Nc1ncsc1O2. The lowest BCUT2D eigenvalue weighted by molar-refractivity contribution is 0.462. The summed E-state index contributed by atoms with van der Waals surface area (Å²) in [6.45, 7) is 0. The van der Waals surface area contributed by atoms with Crippen molar-refractivity contribution < 1.29 is 9.47 Å². The van der Waals surface area contributed by atoms with Crippen molar-refractivity contribution in [3.05, 3.63) is 31.8 Å². The summed E-state index contributed by atoms with van der Waals surface area (Å²) in [5, 5.41) is 2.50. The van der Waals surface area contributed by atoms with E-state index < -0.39 is 0 Å². The predicted molar refractivity (Wildman–Crippen MR) is 82.5 cm³/mol. The molecular formula is C12H2Cl2N4O2S2. The van der Waals surface area contributed by atoms with Gasteiger partial charge < -0.3 is 9.47 Å². The molecule has 0 saturated carbocycles. The summed E-state index contributed by atoms with van der Waals surface area (Å²) in [6.07, 6.45) is 0. The summed E-state index contributed by atoms with van der Waals surface area (Å²) in [7, 11) is 0. The lowest BCUT2D eigenvalue weighted by Gasteiger charge is -2.17. The van der Waals surface area contributed by atoms with Gasteiger partial charge in [-0.15, -0.1) is 0 Å². The molecule has 10 heteroatoms. The van der Waals surface area contributed by atoms with Gasteiger partial charge in [0.15, 0.2) is 11.5 Å². The number of rotatable bonds is 0. The fourth-order valence-electron chi connectivity index (χ4n) is 2.15. The highest BCUT2D eigenvalue weighted by Gasteiger charge is 2.28. The van der Waals surface area contributed by atoms with Gasteiger partial charge in [-0.05, 0) is 0 Å². The molecule has 0 fully saturated rings. The van der Waals surface area contributed by atoms with Crippen molar-refractivity contribution in [1.82, 2.24) is 9.97 Å². The maximum atomic E-state index is 6.43. The van der Waals surface area contributed by atoms with Crippen molar-refractivity contribution in [2.24, 2.45) is 9.98 Å². The molecule has 2 aromatic heterocycles. The van der Waals surface area contributed by atoms with Gasteiger partial charge in [-0.3, -0.25) is 0 Å². The van der Waals surface area contributed by atoms with E-state index in [4.69, 9.17) is 32.7 Å². The Bertz CT molecular complexity index is 990. The van der Waals surface area contributed by atoms with Crippen molar-refractivity contribution in [3.63, 3.8) is 0 Å². The number of fused-ring (bicyclic) bond motifs is 4. The minimum Gasteiger partial charge on any atom is -0.439 e. The minimum atomic E-state index is 0.288. The average molecular weight is 369 g/mol. The molecule has 0 unspecified atom stereocenters. The molecule has 2 aliphatic rings. The Balaban J connectivity index is 1.90. The average Bonchev–Trinajstić information content (AvgIpc) is 3.17. The van der Waals surface area contributed by atoms with Crippen LogP contribution in [-0.4, -0.2) is 9.97 Å². The van der Waals surface area contributed by atoms with Crippen LogP contribution in [0.25, 0.3) is 0 Å². The second-order valence-electron chi connectivity index (χ2n) is 4.34. The summed E-state index contributed by atoms with van der Waals surface area (Å²) in [5.74, 6) is 1.66. The minimum absolute atomic E-state index is 0.288. The Kier molecular flexibility index (Phi) is 2.55. The number of aromatic nitrogens is 2. The van der Waals surface area contributed by atoms with Crippen LogP contribution in [0.4, 0.5) is 11.6 Å². The molecule has 0 saturated heterocycles. The third-order valence-corrected chi connectivity index (χ3v) is 5.19. The maximum Gasteiger partial charge on any atom is 0.227 e. The second-order valence-corrected chi connectivity index (χ2v) is 6.73. The molecule has 4 heterocycles. The molecule has 1 aromatic carbocycles. The molecule has 0 radical (unpaired) electrons. The number of hydrogen-bond acceptors (Lipinski definition) is 8. The molecule has 0 spiro atoms. The smallest absolute Gasteiger partial charge is 0.227 e. The lowest BCUT2D eigenvalue weighted by atomic mass is 10.2. The molecule has 0 N–H and O–H groups in total. The van der Waals surface area contributed by atoms with Crippen LogP contribution in [0, 0.1) is 0 Å². The number of thiazole rings is 2. The van der Waals surface area contributed by atoms with Crippen LogP contribution in [0.5, 0.6) is 21.6 Å². The largest absolute Gasteiger partial charge is 0.439 e. The molecule has 22 heavy (non-hydrogen) atoms. The molecule has 0 atom stereocenters. The van der Waals surface area contributed by atoms with E-state index in [1.54, 1.807) is 11.0 Å². The van der Waals surface area contributed by atoms with E-state index in [1.165, 1.54) is 22.7 Å². The first-order valence-electron chi connectivity index (χ1n) is 5.93. The summed E-state index contributed by atoms with van der Waals surface area (Å²) < 4.78 is 11.6.